The minimum Gasteiger partial charge on any atom is -0.345 e. The van der Waals surface area contributed by atoms with Crippen LogP contribution in [0.15, 0.2) is 59.8 Å². The van der Waals surface area contributed by atoms with Crippen LogP contribution in [0.3, 0.4) is 0 Å². The maximum absolute atomic E-state index is 12.2. The van der Waals surface area contributed by atoms with Gasteiger partial charge in [0.2, 0.25) is 10.0 Å². The van der Waals surface area contributed by atoms with E-state index in [-0.39, 0.29) is 4.90 Å². The zero-order valence-corrected chi connectivity index (χ0v) is 12.1. The first-order chi connectivity index (χ1) is 10.1. The van der Waals surface area contributed by atoms with Crippen LogP contribution in [0.1, 0.15) is 5.56 Å². The van der Waals surface area contributed by atoms with E-state index in [1.807, 2.05) is 30.3 Å². The molecule has 0 saturated heterocycles. The molecule has 0 saturated carbocycles. The summed E-state index contributed by atoms with van der Waals surface area (Å²) in [6.07, 6.45) is 2.20. The Bertz CT molecular complexity index is 841. The number of rotatable bonds is 5. The summed E-state index contributed by atoms with van der Waals surface area (Å²) < 4.78 is 27.1. The highest BCUT2D eigenvalue weighted by Gasteiger charge is 2.14. The average Bonchev–Trinajstić information content (AvgIpc) is 2.95. The van der Waals surface area contributed by atoms with Crippen molar-refractivity contribution >= 4 is 21.1 Å². The summed E-state index contributed by atoms with van der Waals surface area (Å²) in [4.78, 5) is 7.23. The monoisotopic (exact) mass is 301 g/mol. The van der Waals surface area contributed by atoms with E-state index in [0.717, 1.165) is 11.1 Å². The van der Waals surface area contributed by atoms with E-state index in [4.69, 9.17) is 0 Å². The highest BCUT2D eigenvalue weighted by molar-refractivity contribution is 7.89. The van der Waals surface area contributed by atoms with Gasteiger partial charge in [-0.3, -0.25) is 0 Å². The van der Waals surface area contributed by atoms with Crippen LogP contribution in [-0.4, -0.2) is 24.9 Å². The molecular weight excluding hydrogens is 286 g/mol. The van der Waals surface area contributed by atoms with Crippen molar-refractivity contribution in [1.29, 1.82) is 0 Å². The Morgan fingerprint density at radius 1 is 1.10 bits per heavy atom. The molecule has 0 bridgehead atoms. The van der Waals surface area contributed by atoms with Gasteiger partial charge in [-0.25, -0.2) is 18.1 Å². The quantitative estimate of drug-likeness (QED) is 0.757. The third-order valence-electron chi connectivity index (χ3n) is 3.25. The number of hydrogen-bond donors (Lipinski definition) is 2. The fraction of sp³-hybridized carbons (Fsp3) is 0.133. The number of nitrogens with one attached hydrogen (secondary N) is 2. The van der Waals surface area contributed by atoms with Gasteiger partial charge in [0.05, 0.1) is 22.3 Å². The van der Waals surface area contributed by atoms with Crippen molar-refractivity contribution < 1.29 is 8.42 Å². The molecule has 0 amide bonds. The molecule has 3 aromatic rings. The van der Waals surface area contributed by atoms with Crippen molar-refractivity contribution in [3.05, 3.63) is 60.4 Å². The summed E-state index contributed by atoms with van der Waals surface area (Å²) >= 11 is 0. The second-order valence-corrected chi connectivity index (χ2v) is 6.48. The standard InChI is InChI=1S/C15H15N3O2S/c19-21(20,18-9-8-12-4-2-1-3-5-12)13-6-7-14-15(10-13)17-11-16-14/h1-7,10-11,18H,8-9H2,(H,16,17). The normalized spacial score (nSPS) is 11.8. The zero-order valence-electron chi connectivity index (χ0n) is 11.3. The smallest absolute Gasteiger partial charge is 0.240 e. The Morgan fingerprint density at radius 2 is 1.90 bits per heavy atom. The van der Waals surface area contributed by atoms with Crippen molar-refractivity contribution in [2.24, 2.45) is 0 Å². The van der Waals surface area contributed by atoms with Crippen LogP contribution >= 0.6 is 0 Å². The third-order valence-corrected chi connectivity index (χ3v) is 4.71. The number of imidazole rings is 1. The number of aromatic nitrogens is 2. The van der Waals surface area contributed by atoms with Crippen LogP contribution in [-0.2, 0) is 16.4 Å². The predicted molar refractivity (Wildman–Crippen MR) is 81.4 cm³/mol. The molecule has 1 aromatic heterocycles. The Kier molecular flexibility index (Phi) is 3.72. The van der Waals surface area contributed by atoms with Crippen molar-refractivity contribution in [1.82, 2.24) is 14.7 Å². The maximum atomic E-state index is 12.2. The topological polar surface area (TPSA) is 74.8 Å². The van der Waals surface area contributed by atoms with Gasteiger partial charge in [-0.1, -0.05) is 30.3 Å². The van der Waals surface area contributed by atoms with Crippen LogP contribution in [0.2, 0.25) is 0 Å². The lowest BCUT2D eigenvalue weighted by Crippen LogP contribution is -2.25. The minimum absolute atomic E-state index is 0.243. The zero-order chi connectivity index (χ0) is 14.7. The number of fused-ring (bicyclic) bond motifs is 1. The van der Waals surface area contributed by atoms with E-state index in [1.54, 1.807) is 24.5 Å². The van der Waals surface area contributed by atoms with Gasteiger partial charge in [-0.2, -0.15) is 0 Å². The second-order valence-electron chi connectivity index (χ2n) is 4.71. The Morgan fingerprint density at radius 3 is 2.71 bits per heavy atom. The summed E-state index contributed by atoms with van der Waals surface area (Å²) in [6, 6.07) is 14.6. The molecule has 108 valence electrons. The summed E-state index contributed by atoms with van der Waals surface area (Å²) in [5.74, 6) is 0. The fourth-order valence-corrected chi connectivity index (χ4v) is 3.20. The molecule has 6 heteroatoms. The van der Waals surface area contributed by atoms with E-state index in [2.05, 4.69) is 14.7 Å². The molecule has 1 heterocycles. The molecule has 21 heavy (non-hydrogen) atoms. The number of hydrogen-bond acceptors (Lipinski definition) is 3. The highest BCUT2D eigenvalue weighted by atomic mass is 32.2. The minimum atomic E-state index is -3.50. The summed E-state index contributed by atoms with van der Waals surface area (Å²) in [5, 5.41) is 0. The van der Waals surface area contributed by atoms with Crippen LogP contribution in [0.4, 0.5) is 0 Å². The van der Waals surface area contributed by atoms with Crippen LogP contribution in [0.25, 0.3) is 11.0 Å². The highest BCUT2D eigenvalue weighted by Crippen LogP contribution is 2.15. The van der Waals surface area contributed by atoms with Gasteiger partial charge in [-0.05, 0) is 30.2 Å². The van der Waals surface area contributed by atoms with Crippen molar-refractivity contribution in [2.75, 3.05) is 6.54 Å². The molecule has 2 N–H and O–H groups in total. The third kappa shape index (κ3) is 3.12. The van der Waals surface area contributed by atoms with E-state index < -0.39 is 10.0 Å². The van der Waals surface area contributed by atoms with E-state index in [1.165, 1.54) is 0 Å². The fourth-order valence-electron chi connectivity index (χ4n) is 2.14. The van der Waals surface area contributed by atoms with Crippen molar-refractivity contribution in [3.63, 3.8) is 0 Å². The summed E-state index contributed by atoms with van der Waals surface area (Å²) in [6.45, 7) is 0.368. The lowest BCUT2D eigenvalue weighted by atomic mass is 10.2. The molecule has 0 unspecified atom stereocenters. The molecule has 0 fully saturated rings. The molecule has 0 aliphatic heterocycles. The van der Waals surface area contributed by atoms with Crippen LogP contribution in [0.5, 0.6) is 0 Å². The van der Waals surface area contributed by atoms with Gasteiger partial charge >= 0.3 is 0 Å². The molecule has 0 spiro atoms. The molecule has 0 aliphatic carbocycles. The SMILES string of the molecule is O=S(=O)(NCCc1ccccc1)c1ccc2nc[nH]c2c1. The molecular formula is C15H15N3O2S. The second kappa shape index (κ2) is 5.67. The van der Waals surface area contributed by atoms with Crippen LogP contribution < -0.4 is 4.72 Å². The number of nitrogens with zero attached hydrogens (tertiary/aromatic N) is 1. The van der Waals surface area contributed by atoms with Crippen molar-refractivity contribution in [3.8, 4) is 0 Å². The first kappa shape index (κ1) is 13.8. The first-order valence-electron chi connectivity index (χ1n) is 6.62. The van der Waals surface area contributed by atoms with Gasteiger partial charge in [0.25, 0.3) is 0 Å². The number of H-pyrrole nitrogens is 1. The van der Waals surface area contributed by atoms with Gasteiger partial charge < -0.3 is 4.98 Å². The predicted octanol–water partition coefficient (Wildman–Crippen LogP) is 2.08. The Labute approximate surface area is 123 Å². The molecule has 0 aliphatic rings. The van der Waals surface area contributed by atoms with Gasteiger partial charge in [-0.15, -0.1) is 0 Å². The first-order valence-corrected chi connectivity index (χ1v) is 8.10. The molecule has 3 rings (SSSR count). The van der Waals surface area contributed by atoms with Gasteiger partial charge in [0.1, 0.15) is 0 Å². The number of sulfonamides is 1. The van der Waals surface area contributed by atoms with Crippen molar-refractivity contribution in [2.45, 2.75) is 11.3 Å². The Hall–Kier alpha value is -2.18. The largest absolute Gasteiger partial charge is 0.345 e. The number of benzene rings is 2. The molecule has 5 nitrogen and oxygen atoms in total. The van der Waals surface area contributed by atoms with E-state index in [9.17, 15) is 8.42 Å². The lowest BCUT2D eigenvalue weighted by Gasteiger charge is -2.07. The lowest BCUT2D eigenvalue weighted by molar-refractivity contribution is 0.582. The maximum Gasteiger partial charge on any atom is 0.240 e. The summed E-state index contributed by atoms with van der Waals surface area (Å²) in [5.41, 5.74) is 2.56. The molecule has 2 aromatic carbocycles. The van der Waals surface area contributed by atoms with E-state index in [0.29, 0.717) is 18.5 Å². The van der Waals surface area contributed by atoms with Crippen LogP contribution in [0, 0.1) is 0 Å². The average molecular weight is 301 g/mol. The number of aromatic amines is 1. The Balaban J connectivity index is 1.71. The van der Waals surface area contributed by atoms with Gasteiger partial charge in [0.15, 0.2) is 0 Å². The van der Waals surface area contributed by atoms with Gasteiger partial charge in [0, 0.05) is 6.54 Å². The van der Waals surface area contributed by atoms with E-state index >= 15 is 0 Å². The molecule has 0 atom stereocenters. The molecule has 0 radical (unpaired) electrons. The summed E-state index contributed by atoms with van der Waals surface area (Å²) in [7, 11) is -3.50.